The monoisotopic (exact) mass is 271 g/mol. The SMILES string of the molecule is CCCCCN(C(=O)c1cc(S)cs1)C(C)C. The summed E-state index contributed by atoms with van der Waals surface area (Å²) in [5, 5.41) is 1.90. The summed E-state index contributed by atoms with van der Waals surface area (Å²) in [7, 11) is 0. The van der Waals surface area contributed by atoms with Crippen molar-refractivity contribution in [3.63, 3.8) is 0 Å². The molecule has 0 N–H and O–H groups in total. The number of amides is 1. The summed E-state index contributed by atoms with van der Waals surface area (Å²) in [6.07, 6.45) is 3.44. The van der Waals surface area contributed by atoms with E-state index in [4.69, 9.17) is 0 Å². The van der Waals surface area contributed by atoms with Crippen LogP contribution in [0, 0.1) is 0 Å². The van der Waals surface area contributed by atoms with Gasteiger partial charge in [-0.1, -0.05) is 19.8 Å². The van der Waals surface area contributed by atoms with Gasteiger partial charge in [-0.25, -0.2) is 0 Å². The minimum Gasteiger partial charge on any atom is -0.336 e. The average Bonchev–Trinajstić information content (AvgIpc) is 2.70. The highest BCUT2D eigenvalue weighted by molar-refractivity contribution is 7.80. The fourth-order valence-electron chi connectivity index (χ4n) is 1.71. The molecule has 0 aliphatic carbocycles. The first-order valence-electron chi connectivity index (χ1n) is 6.14. The number of hydrogen-bond acceptors (Lipinski definition) is 3. The van der Waals surface area contributed by atoms with Crippen LogP contribution in [0.25, 0.3) is 0 Å². The molecule has 96 valence electrons. The van der Waals surface area contributed by atoms with Crippen molar-refractivity contribution in [1.29, 1.82) is 0 Å². The Labute approximate surface area is 113 Å². The predicted molar refractivity (Wildman–Crippen MR) is 77.3 cm³/mol. The summed E-state index contributed by atoms with van der Waals surface area (Å²) in [6, 6.07) is 2.11. The van der Waals surface area contributed by atoms with E-state index in [-0.39, 0.29) is 11.9 Å². The first-order chi connectivity index (χ1) is 8.06. The van der Waals surface area contributed by atoms with Crippen molar-refractivity contribution in [3.05, 3.63) is 16.3 Å². The second kappa shape index (κ2) is 7.07. The topological polar surface area (TPSA) is 20.3 Å². The molecular formula is C13H21NOS2. The molecule has 0 saturated heterocycles. The molecule has 0 radical (unpaired) electrons. The molecule has 0 saturated carbocycles. The molecule has 1 amide bonds. The van der Waals surface area contributed by atoms with Gasteiger partial charge in [-0.05, 0) is 26.3 Å². The van der Waals surface area contributed by atoms with Gasteiger partial charge in [0.05, 0.1) is 4.88 Å². The Kier molecular flexibility index (Phi) is 6.06. The maximum Gasteiger partial charge on any atom is 0.264 e. The van der Waals surface area contributed by atoms with Crippen molar-refractivity contribution in [2.24, 2.45) is 0 Å². The van der Waals surface area contributed by atoms with Crippen LogP contribution >= 0.6 is 24.0 Å². The molecule has 0 bridgehead atoms. The van der Waals surface area contributed by atoms with E-state index in [0.717, 1.165) is 22.7 Å². The van der Waals surface area contributed by atoms with Gasteiger partial charge in [0, 0.05) is 22.9 Å². The predicted octanol–water partition coefficient (Wildman–Crippen LogP) is 4.08. The minimum absolute atomic E-state index is 0.140. The summed E-state index contributed by atoms with van der Waals surface area (Å²) < 4.78 is 0. The lowest BCUT2D eigenvalue weighted by molar-refractivity contribution is 0.0707. The number of unbranched alkanes of at least 4 members (excludes halogenated alkanes) is 2. The van der Waals surface area contributed by atoms with Crippen LogP contribution in [0.1, 0.15) is 49.7 Å². The van der Waals surface area contributed by atoms with E-state index in [2.05, 4.69) is 33.4 Å². The molecule has 0 aliphatic heterocycles. The molecule has 0 aliphatic rings. The van der Waals surface area contributed by atoms with E-state index in [1.165, 1.54) is 24.2 Å². The second-order valence-corrected chi connectivity index (χ2v) is 5.90. The van der Waals surface area contributed by atoms with Gasteiger partial charge in [-0.15, -0.1) is 24.0 Å². The van der Waals surface area contributed by atoms with Crippen LogP contribution in [0.5, 0.6) is 0 Å². The molecule has 0 unspecified atom stereocenters. The molecule has 0 atom stereocenters. The largest absolute Gasteiger partial charge is 0.336 e. The summed E-state index contributed by atoms with van der Waals surface area (Å²) in [6.45, 7) is 7.16. The van der Waals surface area contributed by atoms with Gasteiger partial charge in [0.15, 0.2) is 0 Å². The molecule has 17 heavy (non-hydrogen) atoms. The number of hydrogen-bond donors (Lipinski definition) is 1. The van der Waals surface area contributed by atoms with Gasteiger partial charge >= 0.3 is 0 Å². The van der Waals surface area contributed by atoms with Gasteiger partial charge < -0.3 is 4.90 Å². The van der Waals surface area contributed by atoms with Gasteiger partial charge in [0.1, 0.15) is 0 Å². The highest BCUT2D eigenvalue weighted by Gasteiger charge is 2.19. The molecule has 0 spiro atoms. The molecule has 1 heterocycles. The zero-order valence-corrected chi connectivity index (χ0v) is 12.5. The quantitative estimate of drug-likeness (QED) is 0.610. The van der Waals surface area contributed by atoms with Crippen LogP contribution in [0.2, 0.25) is 0 Å². The van der Waals surface area contributed by atoms with E-state index in [1.54, 1.807) is 0 Å². The third-order valence-electron chi connectivity index (χ3n) is 2.68. The van der Waals surface area contributed by atoms with Crippen LogP contribution in [0.3, 0.4) is 0 Å². The van der Waals surface area contributed by atoms with E-state index in [9.17, 15) is 4.79 Å². The van der Waals surface area contributed by atoms with Crippen LogP contribution in [0.4, 0.5) is 0 Å². The first-order valence-corrected chi connectivity index (χ1v) is 7.47. The number of thiol groups is 1. The van der Waals surface area contributed by atoms with Gasteiger partial charge in [0.2, 0.25) is 0 Å². The summed E-state index contributed by atoms with van der Waals surface area (Å²) in [4.78, 5) is 15.9. The smallest absolute Gasteiger partial charge is 0.264 e. The Hall–Kier alpha value is -0.480. The number of carbonyl (C=O) groups excluding carboxylic acids is 1. The summed E-state index contributed by atoms with van der Waals surface area (Å²) in [5.74, 6) is 0.140. The zero-order chi connectivity index (χ0) is 12.8. The van der Waals surface area contributed by atoms with Crippen LogP contribution in [-0.2, 0) is 0 Å². The Morgan fingerprint density at radius 2 is 2.18 bits per heavy atom. The fourth-order valence-corrected chi connectivity index (χ4v) is 2.81. The van der Waals surface area contributed by atoms with Crippen molar-refractivity contribution in [1.82, 2.24) is 4.90 Å². The van der Waals surface area contributed by atoms with E-state index in [0.29, 0.717) is 0 Å². The van der Waals surface area contributed by atoms with Gasteiger partial charge in [-0.3, -0.25) is 4.79 Å². The average molecular weight is 271 g/mol. The fraction of sp³-hybridized carbons (Fsp3) is 0.615. The Balaban J connectivity index is 2.67. The lowest BCUT2D eigenvalue weighted by Crippen LogP contribution is -2.37. The summed E-state index contributed by atoms with van der Waals surface area (Å²) in [5.41, 5.74) is 0. The molecule has 2 nitrogen and oxygen atoms in total. The van der Waals surface area contributed by atoms with Crippen molar-refractivity contribution in [2.75, 3.05) is 6.54 Å². The molecule has 4 heteroatoms. The van der Waals surface area contributed by atoms with Crippen molar-refractivity contribution < 1.29 is 4.79 Å². The van der Waals surface area contributed by atoms with Crippen molar-refractivity contribution in [3.8, 4) is 0 Å². The third kappa shape index (κ3) is 4.36. The molecule has 0 aromatic carbocycles. The lowest BCUT2D eigenvalue weighted by atomic mass is 10.2. The first kappa shape index (κ1) is 14.6. The standard InChI is InChI=1S/C13H21NOS2/c1-4-5-6-7-14(10(2)3)13(15)12-8-11(16)9-17-12/h8-10,16H,4-7H2,1-3H3. The molecule has 1 rings (SSSR count). The number of carbonyl (C=O) groups is 1. The number of nitrogens with zero attached hydrogens (tertiary/aromatic N) is 1. The molecular weight excluding hydrogens is 250 g/mol. The second-order valence-electron chi connectivity index (χ2n) is 4.47. The van der Waals surface area contributed by atoms with Gasteiger partial charge in [0.25, 0.3) is 5.91 Å². The molecule has 1 aromatic heterocycles. The lowest BCUT2D eigenvalue weighted by Gasteiger charge is -2.26. The number of rotatable bonds is 6. The van der Waals surface area contributed by atoms with Crippen molar-refractivity contribution >= 4 is 29.9 Å². The van der Waals surface area contributed by atoms with Crippen LogP contribution < -0.4 is 0 Å². The van der Waals surface area contributed by atoms with E-state index >= 15 is 0 Å². The highest BCUT2D eigenvalue weighted by Crippen LogP contribution is 2.20. The Morgan fingerprint density at radius 1 is 1.47 bits per heavy atom. The highest BCUT2D eigenvalue weighted by atomic mass is 32.1. The Bertz CT molecular complexity index is 360. The Morgan fingerprint density at radius 3 is 2.65 bits per heavy atom. The van der Waals surface area contributed by atoms with Gasteiger partial charge in [-0.2, -0.15) is 0 Å². The van der Waals surface area contributed by atoms with Crippen molar-refractivity contribution in [2.45, 2.75) is 51.0 Å². The molecule has 0 fully saturated rings. The minimum atomic E-state index is 0.140. The normalized spacial score (nSPS) is 10.9. The van der Waals surface area contributed by atoms with E-state index in [1.807, 2.05) is 16.3 Å². The van der Waals surface area contributed by atoms with Crippen LogP contribution in [-0.4, -0.2) is 23.4 Å². The maximum absolute atomic E-state index is 12.3. The van der Waals surface area contributed by atoms with E-state index < -0.39 is 0 Å². The maximum atomic E-state index is 12.3. The third-order valence-corrected chi connectivity index (χ3v) is 4.03. The summed E-state index contributed by atoms with van der Waals surface area (Å²) >= 11 is 5.72. The number of thiophene rings is 1. The van der Waals surface area contributed by atoms with Crippen LogP contribution in [0.15, 0.2) is 16.3 Å². The zero-order valence-electron chi connectivity index (χ0n) is 10.8. The molecule has 1 aromatic rings.